The van der Waals surface area contributed by atoms with Crippen LogP contribution in [0.4, 0.5) is 0 Å². The van der Waals surface area contributed by atoms with Crippen LogP contribution in [-0.2, 0) is 19.0 Å². The van der Waals surface area contributed by atoms with Crippen LogP contribution < -0.4 is 5.32 Å². The van der Waals surface area contributed by atoms with E-state index in [2.05, 4.69) is 5.32 Å². The molecule has 0 amide bonds. The molecular formula is C15H29NO4. The largest absolute Gasteiger partial charge is 0.465 e. The summed E-state index contributed by atoms with van der Waals surface area (Å²) >= 11 is 0. The quantitative estimate of drug-likeness (QED) is 0.464. The Morgan fingerprint density at radius 1 is 1.30 bits per heavy atom. The highest BCUT2D eigenvalue weighted by atomic mass is 16.5. The average molecular weight is 287 g/mol. The zero-order valence-corrected chi connectivity index (χ0v) is 13.2. The SMILES string of the molecule is CCOCCOC(C)CC(C)(NC1CC1)C(=O)OCC. The predicted molar refractivity (Wildman–Crippen MR) is 77.7 cm³/mol. The first-order chi connectivity index (χ1) is 9.51. The fourth-order valence-electron chi connectivity index (χ4n) is 2.26. The van der Waals surface area contributed by atoms with Gasteiger partial charge in [-0.05, 0) is 40.5 Å². The maximum absolute atomic E-state index is 12.2. The van der Waals surface area contributed by atoms with E-state index in [4.69, 9.17) is 14.2 Å². The van der Waals surface area contributed by atoms with Crippen LogP contribution in [0.1, 0.15) is 47.0 Å². The fourth-order valence-corrected chi connectivity index (χ4v) is 2.26. The number of hydrogen-bond donors (Lipinski definition) is 1. The molecule has 1 aliphatic carbocycles. The summed E-state index contributed by atoms with van der Waals surface area (Å²) in [5.74, 6) is -0.188. The summed E-state index contributed by atoms with van der Waals surface area (Å²) in [6.07, 6.45) is 2.86. The topological polar surface area (TPSA) is 56.8 Å². The van der Waals surface area contributed by atoms with Gasteiger partial charge in [0, 0.05) is 19.1 Å². The second kappa shape index (κ2) is 8.60. The number of esters is 1. The third-order valence-electron chi connectivity index (χ3n) is 3.36. The Morgan fingerprint density at radius 3 is 2.55 bits per heavy atom. The third kappa shape index (κ3) is 6.20. The first-order valence-corrected chi connectivity index (χ1v) is 7.66. The highest BCUT2D eigenvalue weighted by Gasteiger charge is 2.40. The van der Waals surface area contributed by atoms with Crippen molar-refractivity contribution in [3.63, 3.8) is 0 Å². The van der Waals surface area contributed by atoms with Gasteiger partial charge in [0.15, 0.2) is 0 Å². The normalized spacial score (nSPS) is 19.4. The Hall–Kier alpha value is -0.650. The van der Waals surface area contributed by atoms with Gasteiger partial charge in [-0.2, -0.15) is 0 Å². The molecule has 5 nitrogen and oxygen atoms in total. The van der Waals surface area contributed by atoms with Crippen LogP contribution >= 0.6 is 0 Å². The van der Waals surface area contributed by atoms with Gasteiger partial charge >= 0.3 is 5.97 Å². The molecule has 20 heavy (non-hydrogen) atoms. The number of hydrogen-bond acceptors (Lipinski definition) is 5. The van der Waals surface area contributed by atoms with E-state index in [0.29, 0.717) is 38.9 Å². The van der Waals surface area contributed by atoms with Gasteiger partial charge in [0.05, 0.1) is 25.9 Å². The minimum Gasteiger partial charge on any atom is -0.465 e. The zero-order chi connectivity index (χ0) is 15.0. The molecule has 0 aromatic rings. The lowest BCUT2D eigenvalue weighted by Crippen LogP contribution is -2.53. The van der Waals surface area contributed by atoms with E-state index in [1.54, 1.807) is 0 Å². The Balaban J connectivity index is 2.43. The first-order valence-electron chi connectivity index (χ1n) is 7.66. The predicted octanol–water partition coefficient (Wildman–Crippen LogP) is 1.89. The molecule has 0 aromatic heterocycles. The number of carbonyl (C=O) groups excluding carboxylic acids is 1. The van der Waals surface area contributed by atoms with Gasteiger partial charge in [-0.3, -0.25) is 10.1 Å². The maximum atomic E-state index is 12.2. The van der Waals surface area contributed by atoms with Crippen molar-refractivity contribution in [1.29, 1.82) is 0 Å². The van der Waals surface area contributed by atoms with Gasteiger partial charge in [-0.15, -0.1) is 0 Å². The highest BCUT2D eigenvalue weighted by molar-refractivity contribution is 5.80. The second-order valence-corrected chi connectivity index (χ2v) is 5.55. The smallest absolute Gasteiger partial charge is 0.326 e. The Morgan fingerprint density at radius 2 is 2.00 bits per heavy atom. The van der Waals surface area contributed by atoms with E-state index < -0.39 is 5.54 Å². The molecule has 5 heteroatoms. The lowest BCUT2D eigenvalue weighted by atomic mass is 9.94. The zero-order valence-electron chi connectivity index (χ0n) is 13.2. The summed E-state index contributed by atoms with van der Waals surface area (Å²) in [4.78, 5) is 12.2. The molecule has 1 N–H and O–H groups in total. The van der Waals surface area contributed by atoms with Gasteiger partial charge in [0.1, 0.15) is 5.54 Å². The van der Waals surface area contributed by atoms with Crippen molar-refractivity contribution in [1.82, 2.24) is 5.32 Å². The molecule has 0 aromatic carbocycles. The van der Waals surface area contributed by atoms with Crippen molar-refractivity contribution in [3.8, 4) is 0 Å². The maximum Gasteiger partial charge on any atom is 0.326 e. The van der Waals surface area contributed by atoms with Crippen LogP contribution in [0.5, 0.6) is 0 Å². The van der Waals surface area contributed by atoms with Crippen LogP contribution in [-0.4, -0.2) is 50.1 Å². The molecule has 118 valence electrons. The summed E-state index contributed by atoms with van der Waals surface area (Å²) < 4.78 is 16.1. The standard InChI is InChI=1S/C15H29NO4/c1-5-18-9-10-20-12(3)11-15(4,14(17)19-6-2)16-13-7-8-13/h12-13,16H,5-11H2,1-4H3. The van der Waals surface area contributed by atoms with Crippen molar-refractivity contribution in [2.24, 2.45) is 0 Å². The Bertz CT molecular complexity index is 294. The molecule has 1 saturated carbocycles. The van der Waals surface area contributed by atoms with E-state index in [-0.39, 0.29) is 12.1 Å². The van der Waals surface area contributed by atoms with E-state index >= 15 is 0 Å². The van der Waals surface area contributed by atoms with Gasteiger partial charge < -0.3 is 14.2 Å². The van der Waals surface area contributed by atoms with Crippen LogP contribution in [0.15, 0.2) is 0 Å². The number of carbonyl (C=O) groups is 1. The van der Waals surface area contributed by atoms with Crippen LogP contribution in [0.25, 0.3) is 0 Å². The van der Waals surface area contributed by atoms with E-state index in [0.717, 1.165) is 12.8 Å². The van der Waals surface area contributed by atoms with E-state index in [1.807, 2.05) is 27.7 Å². The molecule has 2 atom stereocenters. The lowest BCUT2D eigenvalue weighted by molar-refractivity contribution is -0.152. The third-order valence-corrected chi connectivity index (χ3v) is 3.36. The van der Waals surface area contributed by atoms with Crippen molar-refractivity contribution in [3.05, 3.63) is 0 Å². The molecule has 2 unspecified atom stereocenters. The van der Waals surface area contributed by atoms with Gasteiger partial charge in [-0.25, -0.2) is 0 Å². The molecule has 0 aliphatic heterocycles. The van der Waals surface area contributed by atoms with E-state index in [9.17, 15) is 4.79 Å². The summed E-state index contributed by atoms with van der Waals surface area (Å²) in [5, 5.41) is 3.40. The molecule has 1 rings (SSSR count). The summed E-state index contributed by atoms with van der Waals surface area (Å²) in [7, 11) is 0. The molecule has 0 heterocycles. The van der Waals surface area contributed by atoms with Crippen molar-refractivity contribution in [2.45, 2.75) is 64.6 Å². The average Bonchev–Trinajstić information content (AvgIpc) is 3.18. The van der Waals surface area contributed by atoms with Crippen LogP contribution in [0.3, 0.4) is 0 Å². The molecule has 1 fully saturated rings. The summed E-state index contributed by atoms with van der Waals surface area (Å²) in [6.45, 7) is 9.92. The van der Waals surface area contributed by atoms with Gasteiger partial charge in [0.25, 0.3) is 0 Å². The van der Waals surface area contributed by atoms with Crippen LogP contribution in [0, 0.1) is 0 Å². The minimum absolute atomic E-state index is 0.0175. The minimum atomic E-state index is -0.664. The Labute approximate surface area is 122 Å². The molecule has 0 saturated heterocycles. The van der Waals surface area contributed by atoms with E-state index in [1.165, 1.54) is 0 Å². The second-order valence-electron chi connectivity index (χ2n) is 5.55. The van der Waals surface area contributed by atoms with Crippen molar-refractivity contribution < 1.29 is 19.0 Å². The molecule has 0 bridgehead atoms. The summed E-state index contributed by atoms with van der Waals surface area (Å²) in [6, 6.07) is 0.444. The van der Waals surface area contributed by atoms with Crippen LogP contribution in [0.2, 0.25) is 0 Å². The fraction of sp³-hybridized carbons (Fsp3) is 0.933. The first kappa shape index (κ1) is 17.4. The molecular weight excluding hydrogens is 258 g/mol. The number of nitrogens with one attached hydrogen (secondary N) is 1. The monoisotopic (exact) mass is 287 g/mol. The van der Waals surface area contributed by atoms with Crippen molar-refractivity contribution in [2.75, 3.05) is 26.4 Å². The number of rotatable bonds is 11. The Kier molecular flexibility index (Phi) is 7.48. The molecule has 1 aliphatic rings. The lowest BCUT2D eigenvalue weighted by Gasteiger charge is -2.31. The van der Waals surface area contributed by atoms with Crippen molar-refractivity contribution >= 4 is 5.97 Å². The van der Waals surface area contributed by atoms with Gasteiger partial charge in [-0.1, -0.05) is 0 Å². The number of ether oxygens (including phenoxy) is 3. The highest BCUT2D eigenvalue weighted by Crippen LogP contribution is 2.26. The van der Waals surface area contributed by atoms with Gasteiger partial charge in [0.2, 0.25) is 0 Å². The molecule has 0 spiro atoms. The summed E-state index contributed by atoms with van der Waals surface area (Å²) in [5.41, 5.74) is -0.664. The molecule has 0 radical (unpaired) electrons.